The Bertz CT molecular complexity index is 1340. The average molecular weight is 470 g/mol. The van der Waals surface area contributed by atoms with Gasteiger partial charge in [0.15, 0.2) is 10.9 Å². The molecule has 0 unspecified atom stereocenters. The number of methoxy groups -OCH3 is 1. The number of carbonyl (C=O) groups is 1. The van der Waals surface area contributed by atoms with Gasteiger partial charge >= 0.3 is 0 Å². The first kappa shape index (κ1) is 21.6. The van der Waals surface area contributed by atoms with E-state index in [4.69, 9.17) is 9.15 Å². The van der Waals surface area contributed by atoms with Crippen LogP contribution in [0.25, 0.3) is 11.5 Å². The Morgan fingerprint density at radius 2 is 1.91 bits per heavy atom. The summed E-state index contributed by atoms with van der Waals surface area (Å²) in [5, 5.41) is 4.86. The van der Waals surface area contributed by atoms with Gasteiger partial charge in [0.05, 0.1) is 18.3 Å². The molecule has 0 saturated heterocycles. The van der Waals surface area contributed by atoms with Gasteiger partial charge in [0.25, 0.3) is 15.9 Å². The molecule has 0 bridgehead atoms. The molecule has 0 aliphatic carbocycles. The standard InChI is InChI=1S/C22H19N3O5S2/c1-14-5-10-17(32(27,28)25-15-6-8-16(29-2)9-7-15)12-18(14)21(26)24-22-23-19(13-31-22)20-4-3-11-30-20/h3-13,25H,1-2H3,(H,23,24,26). The molecule has 32 heavy (non-hydrogen) atoms. The molecule has 0 saturated carbocycles. The van der Waals surface area contributed by atoms with Crippen molar-refractivity contribution in [2.24, 2.45) is 0 Å². The van der Waals surface area contributed by atoms with Crippen LogP contribution in [0.15, 0.2) is 75.6 Å². The first-order valence-electron chi connectivity index (χ1n) is 9.44. The minimum absolute atomic E-state index is 0.0283. The van der Waals surface area contributed by atoms with E-state index in [1.165, 1.54) is 30.6 Å². The quantitative estimate of drug-likeness (QED) is 0.403. The number of sulfonamides is 1. The first-order valence-corrected chi connectivity index (χ1v) is 11.8. The van der Waals surface area contributed by atoms with E-state index < -0.39 is 15.9 Å². The van der Waals surface area contributed by atoms with Gasteiger partial charge in [-0.1, -0.05) is 6.07 Å². The maximum Gasteiger partial charge on any atom is 0.261 e. The Balaban J connectivity index is 1.54. The van der Waals surface area contributed by atoms with Crippen molar-refractivity contribution in [3.63, 3.8) is 0 Å². The lowest BCUT2D eigenvalue weighted by atomic mass is 10.1. The third kappa shape index (κ3) is 4.66. The summed E-state index contributed by atoms with van der Waals surface area (Å²) in [6, 6.07) is 14.4. The highest BCUT2D eigenvalue weighted by atomic mass is 32.2. The van der Waals surface area contributed by atoms with Crippen molar-refractivity contribution in [1.29, 1.82) is 0 Å². The SMILES string of the molecule is COc1ccc(NS(=O)(=O)c2ccc(C)c(C(=O)Nc3nc(-c4ccco4)cs3)c2)cc1. The molecule has 0 aliphatic rings. The smallest absolute Gasteiger partial charge is 0.261 e. The molecule has 2 aromatic carbocycles. The number of aryl methyl sites for hydroxylation is 1. The van der Waals surface area contributed by atoms with Crippen molar-refractivity contribution in [3.05, 3.63) is 77.4 Å². The van der Waals surface area contributed by atoms with E-state index in [-0.39, 0.29) is 10.5 Å². The molecule has 2 aromatic heterocycles. The van der Waals surface area contributed by atoms with E-state index in [0.717, 1.165) is 0 Å². The van der Waals surface area contributed by atoms with Crippen molar-refractivity contribution in [3.8, 4) is 17.2 Å². The van der Waals surface area contributed by atoms with Crippen molar-refractivity contribution in [2.75, 3.05) is 17.1 Å². The van der Waals surface area contributed by atoms with Gasteiger partial charge in [-0.05, 0) is 61.0 Å². The second-order valence-corrected chi connectivity index (χ2v) is 9.32. The fourth-order valence-corrected chi connectivity index (χ4v) is 4.70. The molecular weight excluding hydrogens is 450 g/mol. The molecule has 2 heterocycles. The van der Waals surface area contributed by atoms with E-state index >= 15 is 0 Å². The molecule has 0 fully saturated rings. The van der Waals surface area contributed by atoms with Crippen LogP contribution < -0.4 is 14.8 Å². The minimum atomic E-state index is -3.90. The monoisotopic (exact) mass is 469 g/mol. The molecule has 10 heteroatoms. The van der Waals surface area contributed by atoms with Crippen molar-refractivity contribution in [1.82, 2.24) is 4.98 Å². The minimum Gasteiger partial charge on any atom is -0.497 e. The molecule has 0 spiro atoms. The summed E-state index contributed by atoms with van der Waals surface area (Å²) in [6.45, 7) is 1.73. The summed E-state index contributed by atoms with van der Waals surface area (Å²) in [6.07, 6.45) is 1.54. The zero-order valence-electron chi connectivity index (χ0n) is 17.2. The van der Waals surface area contributed by atoms with E-state index in [1.807, 2.05) is 0 Å². The first-order chi connectivity index (χ1) is 15.4. The summed E-state index contributed by atoms with van der Waals surface area (Å²) in [4.78, 5) is 17.2. The van der Waals surface area contributed by atoms with Gasteiger partial charge in [-0.3, -0.25) is 14.8 Å². The van der Waals surface area contributed by atoms with E-state index in [2.05, 4.69) is 15.0 Å². The number of furan rings is 1. The van der Waals surface area contributed by atoms with Crippen LogP contribution in [0.3, 0.4) is 0 Å². The van der Waals surface area contributed by atoms with E-state index in [0.29, 0.717) is 33.6 Å². The molecule has 4 aromatic rings. The number of ether oxygens (including phenoxy) is 1. The Kier molecular flexibility index (Phi) is 5.97. The lowest BCUT2D eigenvalue weighted by molar-refractivity contribution is 0.102. The Hall–Kier alpha value is -3.63. The van der Waals surface area contributed by atoms with Crippen molar-refractivity contribution < 1.29 is 22.4 Å². The number of carbonyl (C=O) groups excluding carboxylic acids is 1. The van der Waals surface area contributed by atoms with Crippen LogP contribution in [0, 0.1) is 6.92 Å². The highest BCUT2D eigenvalue weighted by molar-refractivity contribution is 7.92. The number of nitrogens with one attached hydrogen (secondary N) is 2. The number of hydrogen-bond donors (Lipinski definition) is 2. The van der Waals surface area contributed by atoms with Crippen LogP contribution in [0.2, 0.25) is 0 Å². The summed E-state index contributed by atoms with van der Waals surface area (Å²) in [7, 11) is -2.37. The number of hydrogen-bond acceptors (Lipinski definition) is 7. The van der Waals surface area contributed by atoms with Crippen LogP contribution >= 0.6 is 11.3 Å². The number of aromatic nitrogens is 1. The van der Waals surface area contributed by atoms with E-state index in [9.17, 15) is 13.2 Å². The predicted octanol–water partition coefficient (Wildman–Crippen LogP) is 4.77. The van der Waals surface area contributed by atoms with Crippen molar-refractivity contribution in [2.45, 2.75) is 11.8 Å². The highest BCUT2D eigenvalue weighted by Gasteiger charge is 2.19. The van der Waals surface area contributed by atoms with Gasteiger partial charge in [0.2, 0.25) is 0 Å². The maximum absolute atomic E-state index is 12.8. The molecule has 0 atom stereocenters. The number of benzene rings is 2. The summed E-state index contributed by atoms with van der Waals surface area (Å²) in [5.74, 6) is 0.750. The number of rotatable bonds is 7. The molecule has 164 valence electrons. The second-order valence-electron chi connectivity index (χ2n) is 6.78. The Morgan fingerprint density at radius 1 is 1.12 bits per heavy atom. The van der Waals surface area contributed by atoms with Gasteiger partial charge in [-0.15, -0.1) is 11.3 Å². The lowest BCUT2D eigenvalue weighted by Crippen LogP contribution is -2.17. The zero-order valence-corrected chi connectivity index (χ0v) is 18.8. The van der Waals surface area contributed by atoms with Gasteiger partial charge in [0.1, 0.15) is 11.4 Å². The highest BCUT2D eigenvalue weighted by Crippen LogP contribution is 2.26. The topological polar surface area (TPSA) is 111 Å². The van der Waals surface area contributed by atoms with E-state index in [1.54, 1.807) is 61.0 Å². The number of nitrogens with zero attached hydrogens (tertiary/aromatic N) is 1. The molecule has 8 nitrogen and oxygen atoms in total. The number of anilines is 2. The molecule has 0 radical (unpaired) electrons. The third-order valence-corrected chi connectivity index (χ3v) is 6.74. The van der Waals surface area contributed by atoms with Crippen LogP contribution in [0.4, 0.5) is 10.8 Å². The van der Waals surface area contributed by atoms with Crippen LogP contribution in [0.5, 0.6) is 5.75 Å². The molecule has 4 rings (SSSR count). The summed E-state index contributed by atoms with van der Waals surface area (Å²) >= 11 is 1.25. The number of amides is 1. The van der Waals surface area contributed by atoms with Gasteiger partial charge in [-0.2, -0.15) is 0 Å². The largest absolute Gasteiger partial charge is 0.497 e. The van der Waals surface area contributed by atoms with Crippen LogP contribution in [-0.2, 0) is 10.0 Å². The molecular formula is C22H19N3O5S2. The maximum atomic E-state index is 12.8. The average Bonchev–Trinajstić information content (AvgIpc) is 3.46. The summed E-state index contributed by atoms with van der Waals surface area (Å²) < 4.78 is 38.6. The van der Waals surface area contributed by atoms with Crippen LogP contribution in [0.1, 0.15) is 15.9 Å². The van der Waals surface area contributed by atoms with Crippen LogP contribution in [-0.4, -0.2) is 26.4 Å². The lowest BCUT2D eigenvalue weighted by Gasteiger charge is -2.11. The number of thiazole rings is 1. The second kappa shape index (κ2) is 8.85. The fourth-order valence-electron chi connectivity index (χ4n) is 2.92. The summed E-state index contributed by atoms with van der Waals surface area (Å²) in [5.41, 5.74) is 1.85. The van der Waals surface area contributed by atoms with Gasteiger partial charge < -0.3 is 9.15 Å². The van der Waals surface area contributed by atoms with Gasteiger partial charge in [-0.25, -0.2) is 13.4 Å². The van der Waals surface area contributed by atoms with Gasteiger partial charge in [0, 0.05) is 16.6 Å². The van der Waals surface area contributed by atoms with Crippen molar-refractivity contribution >= 4 is 38.1 Å². The molecule has 2 N–H and O–H groups in total. The third-order valence-electron chi connectivity index (χ3n) is 4.60. The fraction of sp³-hybridized carbons (Fsp3) is 0.0909. The Morgan fingerprint density at radius 3 is 2.59 bits per heavy atom. The molecule has 1 amide bonds. The predicted molar refractivity (Wildman–Crippen MR) is 123 cm³/mol. The molecule has 0 aliphatic heterocycles. The zero-order chi connectivity index (χ0) is 22.7. The normalized spacial score (nSPS) is 11.2. The Labute approximate surface area is 188 Å².